The van der Waals surface area contributed by atoms with Crippen molar-refractivity contribution in [2.75, 3.05) is 11.5 Å². The van der Waals surface area contributed by atoms with Crippen LogP contribution in [0.15, 0.2) is 24.3 Å². The second-order valence-corrected chi connectivity index (χ2v) is 7.14. The van der Waals surface area contributed by atoms with Crippen molar-refractivity contribution in [1.29, 1.82) is 0 Å². The molecule has 1 aliphatic rings. The lowest BCUT2D eigenvalue weighted by molar-refractivity contribution is -0.120. The Labute approximate surface area is 111 Å². The Hall–Kier alpha value is -1.07. The smallest absolute Gasteiger partial charge is 0.224 e. The normalized spacial score (nSPS) is 21.7. The third-order valence-corrected chi connectivity index (χ3v) is 4.90. The predicted octanol–water partition coefficient (Wildman–Crippen LogP) is 1.19. The summed E-state index contributed by atoms with van der Waals surface area (Å²) in [4.78, 5) is 11.7. The summed E-state index contributed by atoms with van der Waals surface area (Å²) in [6, 6.07) is 6.78. The fourth-order valence-corrected chi connectivity index (χ4v) is 3.77. The molecule has 0 saturated carbocycles. The molecular formula is C12H14ClNO3S. The first-order valence-electron chi connectivity index (χ1n) is 5.69. The van der Waals surface area contributed by atoms with Gasteiger partial charge in [-0.2, -0.15) is 0 Å². The molecule has 1 aromatic carbocycles. The van der Waals surface area contributed by atoms with Gasteiger partial charge in [0.1, 0.15) is 0 Å². The Kier molecular flexibility index (Phi) is 3.92. The summed E-state index contributed by atoms with van der Waals surface area (Å²) in [6.07, 6.45) is 0.752. The molecule has 18 heavy (non-hydrogen) atoms. The highest BCUT2D eigenvalue weighted by atomic mass is 35.5. The van der Waals surface area contributed by atoms with E-state index in [0.717, 1.165) is 5.56 Å². The van der Waals surface area contributed by atoms with E-state index in [9.17, 15) is 13.2 Å². The van der Waals surface area contributed by atoms with Crippen LogP contribution in [-0.4, -0.2) is 31.9 Å². The van der Waals surface area contributed by atoms with Crippen LogP contribution in [0.25, 0.3) is 0 Å². The van der Waals surface area contributed by atoms with E-state index in [1.54, 1.807) is 24.3 Å². The molecule has 6 heteroatoms. The fraction of sp³-hybridized carbons (Fsp3) is 0.417. The zero-order chi connectivity index (χ0) is 13.2. The molecule has 1 amide bonds. The average Bonchev–Trinajstić information content (AvgIpc) is 2.61. The zero-order valence-electron chi connectivity index (χ0n) is 9.73. The van der Waals surface area contributed by atoms with Crippen LogP contribution < -0.4 is 5.32 Å². The number of nitrogens with one attached hydrogen (secondary N) is 1. The van der Waals surface area contributed by atoms with E-state index in [2.05, 4.69) is 5.32 Å². The molecular weight excluding hydrogens is 274 g/mol. The van der Waals surface area contributed by atoms with E-state index in [1.807, 2.05) is 0 Å². The van der Waals surface area contributed by atoms with Crippen LogP contribution in [0.2, 0.25) is 5.02 Å². The number of halogens is 1. The number of carbonyl (C=O) groups excluding carboxylic acids is 1. The number of hydrogen-bond acceptors (Lipinski definition) is 3. The molecule has 98 valence electrons. The van der Waals surface area contributed by atoms with E-state index in [-0.39, 0.29) is 29.9 Å². The Bertz CT molecular complexity index is 539. The van der Waals surface area contributed by atoms with Gasteiger partial charge >= 0.3 is 0 Å². The lowest BCUT2D eigenvalue weighted by Gasteiger charge is -2.10. The maximum absolute atomic E-state index is 11.7. The predicted molar refractivity (Wildman–Crippen MR) is 70.4 cm³/mol. The second-order valence-electron chi connectivity index (χ2n) is 4.47. The van der Waals surface area contributed by atoms with E-state index in [0.29, 0.717) is 11.4 Å². The molecule has 0 spiro atoms. The minimum absolute atomic E-state index is 0.0549. The minimum atomic E-state index is -2.95. The molecule has 1 saturated heterocycles. The lowest BCUT2D eigenvalue weighted by atomic mass is 10.1. The zero-order valence-corrected chi connectivity index (χ0v) is 11.3. The molecule has 1 fully saturated rings. The second kappa shape index (κ2) is 5.28. The van der Waals surface area contributed by atoms with Gasteiger partial charge in [-0.25, -0.2) is 8.42 Å². The molecule has 1 N–H and O–H groups in total. The first-order chi connectivity index (χ1) is 8.44. The number of carbonyl (C=O) groups is 1. The van der Waals surface area contributed by atoms with E-state index >= 15 is 0 Å². The van der Waals surface area contributed by atoms with E-state index in [4.69, 9.17) is 11.6 Å². The molecule has 0 bridgehead atoms. The summed E-state index contributed by atoms with van der Waals surface area (Å²) >= 11 is 5.75. The summed E-state index contributed by atoms with van der Waals surface area (Å²) in [5.74, 6) is 0.0672. The third-order valence-electron chi connectivity index (χ3n) is 2.88. The van der Waals surface area contributed by atoms with Gasteiger partial charge in [-0.15, -0.1) is 0 Å². The minimum Gasteiger partial charge on any atom is -0.352 e. The summed E-state index contributed by atoms with van der Waals surface area (Å²) in [7, 11) is -2.95. The SMILES string of the molecule is O=C(Cc1ccc(Cl)cc1)N[C@@H]1CCS(=O)(=O)C1. The van der Waals surface area contributed by atoms with Crippen molar-refractivity contribution in [1.82, 2.24) is 5.32 Å². The number of hydrogen-bond donors (Lipinski definition) is 1. The maximum atomic E-state index is 11.7. The first kappa shape index (κ1) is 13.4. The standard InChI is InChI=1S/C12H14ClNO3S/c13-10-3-1-9(2-4-10)7-12(15)14-11-5-6-18(16,17)8-11/h1-4,11H,5-8H2,(H,14,15)/t11-/m1/s1. The molecule has 1 aliphatic heterocycles. The Morgan fingerprint density at radius 3 is 2.56 bits per heavy atom. The molecule has 1 atom stereocenters. The number of sulfone groups is 1. The number of amides is 1. The first-order valence-corrected chi connectivity index (χ1v) is 7.89. The fourth-order valence-electron chi connectivity index (χ4n) is 1.98. The van der Waals surface area contributed by atoms with Gasteiger partial charge in [0.05, 0.1) is 17.9 Å². The van der Waals surface area contributed by atoms with Crippen molar-refractivity contribution in [3.63, 3.8) is 0 Å². The Balaban J connectivity index is 1.88. The molecule has 0 aromatic heterocycles. The van der Waals surface area contributed by atoms with Crippen LogP contribution >= 0.6 is 11.6 Å². The number of benzene rings is 1. The van der Waals surface area contributed by atoms with Crippen LogP contribution in [0.3, 0.4) is 0 Å². The van der Waals surface area contributed by atoms with Crippen LogP contribution in [0.1, 0.15) is 12.0 Å². The lowest BCUT2D eigenvalue weighted by Crippen LogP contribution is -2.36. The van der Waals surface area contributed by atoms with Crippen molar-refractivity contribution in [2.45, 2.75) is 18.9 Å². The van der Waals surface area contributed by atoms with Gasteiger partial charge in [-0.1, -0.05) is 23.7 Å². The topological polar surface area (TPSA) is 63.2 Å². The summed E-state index contributed by atoms with van der Waals surface area (Å²) < 4.78 is 22.5. The van der Waals surface area contributed by atoms with E-state index < -0.39 is 9.84 Å². The molecule has 1 heterocycles. The van der Waals surface area contributed by atoms with E-state index in [1.165, 1.54) is 0 Å². The van der Waals surface area contributed by atoms with Gasteiger partial charge in [0.15, 0.2) is 9.84 Å². The third kappa shape index (κ3) is 3.71. The van der Waals surface area contributed by atoms with Crippen molar-refractivity contribution < 1.29 is 13.2 Å². The van der Waals surface area contributed by atoms with Crippen LogP contribution in [0, 0.1) is 0 Å². The highest BCUT2D eigenvalue weighted by Crippen LogP contribution is 2.12. The van der Waals surface area contributed by atoms with Gasteiger partial charge in [0, 0.05) is 11.1 Å². The van der Waals surface area contributed by atoms with Crippen molar-refractivity contribution in [2.24, 2.45) is 0 Å². The maximum Gasteiger partial charge on any atom is 0.224 e. The van der Waals surface area contributed by atoms with Crippen LogP contribution in [-0.2, 0) is 21.1 Å². The molecule has 2 rings (SSSR count). The van der Waals surface area contributed by atoms with Crippen molar-refractivity contribution in [3.8, 4) is 0 Å². The largest absolute Gasteiger partial charge is 0.352 e. The van der Waals surface area contributed by atoms with Gasteiger partial charge in [0.2, 0.25) is 5.91 Å². The van der Waals surface area contributed by atoms with Crippen LogP contribution in [0.4, 0.5) is 0 Å². The molecule has 0 aliphatic carbocycles. The summed E-state index contributed by atoms with van der Waals surface area (Å²) in [5.41, 5.74) is 0.859. The molecule has 1 aromatic rings. The summed E-state index contributed by atoms with van der Waals surface area (Å²) in [5, 5.41) is 3.37. The van der Waals surface area contributed by atoms with Gasteiger partial charge < -0.3 is 5.32 Å². The summed E-state index contributed by atoms with van der Waals surface area (Å²) in [6.45, 7) is 0. The van der Waals surface area contributed by atoms with Crippen molar-refractivity contribution >= 4 is 27.3 Å². The highest BCUT2D eigenvalue weighted by Gasteiger charge is 2.28. The quantitative estimate of drug-likeness (QED) is 0.908. The number of rotatable bonds is 3. The Morgan fingerprint density at radius 2 is 2.00 bits per heavy atom. The van der Waals surface area contributed by atoms with Gasteiger partial charge in [-0.05, 0) is 24.1 Å². The monoisotopic (exact) mass is 287 g/mol. The molecule has 0 unspecified atom stereocenters. The van der Waals surface area contributed by atoms with Crippen molar-refractivity contribution in [3.05, 3.63) is 34.9 Å². The van der Waals surface area contributed by atoms with Gasteiger partial charge in [-0.3, -0.25) is 4.79 Å². The van der Waals surface area contributed by atoms with Gasteiger partial charge in [0.25, 0.3) is 0 Å². The molecule has 0 radical (unpaired) electrons. The molecule has 4 nitrogen and oxygen atoms in total. The average molecular weight is 288 g/mol. The van der Waals surface area contributed by atoms with Crippen LogP contribution in [0.5, 0.6) is 0 Å². The highest BCUT2D eigenvalue weighted by molar-refractivity contribution is 7.91. The Morgan fingerprint density at radius 1 is 1.33 bits per heavy atom.